The first-order valence-electron chi connectivity index (χ1n) is 9.54. The van der Waals surface area contributed by atoms with Gasteiger partial charge < -0.3 is 5.32 Å². The third-order valence-electron chi connectivity index (χ3n) is 4.74. The van der Waals surface area contributed by atoms with Gasteiger partial charge in [-0.05, 0) is 60.9 Å². The summed E-state index contributed by atoms with van der Waals surface area (Å²) in [4.78, 5) is 12.9. The molecule has 0 radical (unpaired) electrons. The highest BCUT2D eigenvalue weighted by Gasteiger charge is 2.27. The molecule has 0 spiro atoms. The normalized spacial score (nSPS) is 11.2. The van der Waals surface area contributed by atoms with Crippen LogP contribution < -0.4 is 9.62 Å². The van der Waals surface area contributed by atoms with E-state index in [0.29, 0.717) is 5.69 Å². The van der Waals surface area contributed by atoms with E-state index in [0.717, 1.165) is 34.0 Å². The topological polar surface area (TPSA) is 66.5 Å². The van der Waals surface area contributed by atoms with Gasteiger partial charge in [0.15, 0.2) is 0 Å². The number of benzene rings is 3. The fourth-order valence-electron chi connectivity index (χ4n) is 3.15. The van der Waals surface area contributed by atoms with Crippen LogP contribution in [0.15, 0.2) is 77.7 Å². The molecule has 3 aromatic rings. The smallest absolute Gasteiger partial charge is 0.264 e. The van der Waals surface area contributed by atoms with Crippen LogP contribution in [0.2, 0.25) is 0 Å². The Morgan fingerprint density at radius 3 is 2.27 bits per heavy atom. The van der Waals surface area contributed by atoms with Crippen molar-refractivity contribution in [2.45, 2.75) is 25.2 Å². The largest absolute Gasteiger partial charge is 0.324 e. The summed E-state index contributed by atoms with van der Waals surface area (Å²) in [5.41, 5.74) is 2.74. The fourth-order valence-corrected chi connectivity index (χ4v) is 4.60. The molecule has 1 N–H and O–H groups in total. The molecule has 0 heterocycles. The fraction of sp³-hybridized carbons (Fsp3) is 0.174. The summed E-state index contributed by atoms with van der Waals surface area (Å²) in [5.74, 6) is -0.976. The first kappa shape index (κ1) is 21.5. The van der Waals surface area contributed by atoms with Gasteiger partial charge >= 0.3 is 0 Å². The number of aryl methyl sites for hydroxylation is 2. The summed E-state index contributed by atoms with van der Waals surface area (Å²) in [6.45, 7) is 3.42. The van der Waals surface area contributed by atoms with Gasteiger partial charge in [0.2, 0.25) is 5.91 Å². The third kappa shape index (κ3) is 4.68. The molecular weight excluding hydrogens is 403 g/mol. The minimum Gasteiger partial charge on any atom is -0.324 e. The molecule has 0 aliphatic rings. The molecule has 1 amide bonds. The minimum absolute atomic E-state index is 0.0484. The van der Waals surface area contributed by atoms with Crippen molar-refractivity contribution < 1.29 is 17.6 Å². The number of rotatable bonds is 7. The lowest BCUT2D eigenvalue weighted by atomic mass is 10.1. The maximum atomic E-state index is 13.4. The Labute approximate surface area is 176 Å². The molecule has 0 saturated heterocycles. The van der Waals surface area contributed by atoms with Crippen LogP contribution >= 0.6 is 0 Å². The zero-order valence-electron chi connectivity index (χ0n) is 16.8. The van der Waals surface area contributed by atoms with Gasteiger partial charge in [0.1, 0.15) is 12.4 Å². The van der Waals surface area contributed by atoms with Gasteiger partial charge in [-0.2, -0.15) is 0 Å². The standard InChI is InChI=1S/C23H23FN2O3S/c1-3-18-9-7-8-17(2)23(18)25-22(27)16-26(20-14-12-19(24)13-15-20)30(28,29)21-10-5-4-6-11-21/h4-15H,3,16H2,1-2H3,(H,25,27). The van der Waals surface area contributed by atoms with E-state index in [4.69, 9.17) is 0 Å². The number of amides is 1. The predicted molar refractivity (Wildman–Crippen MR) is 117 cm³/mol. The molecule has 0 saturated carbocycles. The number of halogens is 1. The van der Waals surface area contributed by atoms with Gasteiger partial charge in [-0.1, -0.05) is 43.3 Å². The van der Waals surface area contributed by atoms with Crippen molar-refractivity contribution in [3.05, 3.63) is 89.7 Å². The molecule has 0 bridgehead atoms. The van der Waals surface area contributed by atoms with Crippen LogP contribution in [0.25, 0.3) is 0 Å². The van der Waals surface area contributed by atoms with Crippen molar-refractivity contribution in [1.29, 1.82) is 0 Å². The molecule has 0 aromatic heterocycles. The Morgan fingerprint density at radius 1 is 0.967 bits per heavy atom. The molecule has 0 fully saturated rings. The van der Waals surface area contributed by atoms with Gasteiger partial charge in [-0.15, -0.1) is 0 Å². The summed E-state index contributed by atoms with van der Waals surface area (Å²) in [6.07, 6.45) is 0.723. The van der Waals surface area contributed by atoms with Gasteiger partial charge in [0, 0.05) is 5.69 Å². The first-order chi connectivity index (χ1) is 14.3. The molecule has 0 aliphatic carbocycles. The van der Waals surface area contributed by atoms with Crippen LogP contribution in [0.3, 0.4) is 0 Å². The Morgan fingerprint density at radius 2 is 1.63 bits per heavy atom. The predicted octanol–water partition coefficient (Wildman–Crippen LogP) is 4.53. The second-order valence-corrected chi connectivity index (χ2v) is 8.67. The van der Waals surface area contributed by atoms with Gasteiger partial charge in [0.25, 0.3) is 10.0 Å². The number of nitrogens with zero attached hydrogens (tertiary/aromatic N) is 1. The van der Waals surface area contributed by atoms with E-state index in [9.17, 15) is 17.6 Å². The molecule has 156 valence electrons. The number of carbonyl (C=O) groups is 1. The highest BCUT2D eigenvalue weighted by atomic mass is 32.2. The van der Waals surface area contributed by atoms with Crippen LogP contribution in [0.4, 0.5) is 15.8 Å². The quantitative estimate of drug-likeness (QED) is 0.604. The maximum Gasteiger partial charge on any atom is 0.264 e. The zero-order chi connectivity index (χ0) is 21.7. The Bertz CT molecular complexity index is 1130. The van der Waals surface area contributed by atoms with Crippen molar-refractivity contribution in [3.8, 4) is 0 Å². The summed E-state index contributed by atoms with van der Waals surface area (Å²) in [5, 5.41) is 2.85. The molecule has 7 heteroatoms. The third-order valence-corrected chi connectivity index (χ3v) is 6.53. The lowest BCUT2D eigenvalue weighted by molar-refractivity contribution is -0.114. The van der Waals surface area contributed by atoms with Crippen molar-refractivity contribution in [2.24, 2.45) is 0 Å². The molecule has 0 unspecified atom stereocenters. The number of carbonyl (C=O) groups excluding carboxylic acids is 1. The van der Waals surface area contributed by atoms with Crippen molar-refractivity contribution in [1.82, 2.24) is 0 Å². The highest BCUT2D eigenvalue weighted by molar-refractivity contribution is 7.92. The highest BCUT2D eigenvalue weighted by Crippen LogP contribution is 2.25. The number of para-hydroxylation sites is 1. The van der Waals surface area contributed by atoms with Crippen molar-refractivity contribution in [3.63, 3.8) is 0 Å². The average molecular weight is 427 g/mol. The van der Waals surface area contributed by atoms with Gasteiger partial charge in [-0.3, -0.25) is 9.10 Å². The maximum absolute atomic E-state index is 13.4. The van der Waals surface area contributed by atoms with E-state index >= 15 is 0 Å². The van der Waals surface area contributed by atoms with E-state index in [-0.39, 0.29) is 10.6 Å². The van der Waals surface area contributed by atoms with Crippen LogP contribution in [-0.2, 0) is 21.2 Å². The number of sulfonamides is 1. The summed E-state index contributed by atoms with van der Waals surface area (Å²) >= 11 is 0. The molecule has 0 aliphatic heterocycles. The van der Waals surface area contributed by atoms with Crippen LogP contribution in [-0.4, -0.2) is 20.9 Å². The summed E-state index contributed by atoms with van der Waals surface area (Å²) in [6, 6.07) is 18.6. The van der Waals surface area contributed by atoms with Gasteiger partial charge in [0.05, 0.1) is 10.6 Å². The molecule has 5 nitrogen and oxygen atoms in total. The van der Waals surface area contributed by atoms with E-state index < -0.39 is 28.3 Å². The SMILES string of the molecule is CCc1cccc(C)c1NC(=O)CN(c1ccc(F)cc1)S(=O)(=O)c1ccccc1. The zero-order valence-corrected chi connectivity index (χ0v) is 17.6. The Hall–Kier alpha value is -3.19. The number of anilines is 2. The molecule has 3 aromatic carbocycles. The second-order valence-electron chi connectivity index (χ2n) is 6.81. The Balaban J connectivity index is 1.96. The van der Waals surface area contributed by atoms with E-state index in [1.807, 2.05) is 32.0 Å². The van der Waals surface area contributed by atoms with E-state index in [1.165, 1.54) is 24.3 Å². The first-order valence-corrected chi connectivity index (χ1v) is 11.0. The van der Waals surface area contributed by atoms with Crippen LogP contribution in [0, 0.1) is 12.7 Å². The van der Waals surface area contributed by atoms with E-state index in [2.05, 4.69) is 5.32 Å². The molecular formula is C23H23FN2O3S. The number of nitrogens with one attached hydrogen (secondary N) is 1. The monoisotopic (exact) mass is 426 g/mol. The van der Waals surface area contributed by atoms with Gasteiger partial charge in [-0.25, -0.2) is 12.8 Å². The van der Waals surface area contributed by atoms with Crippen LogP contribution in [0.1, 0.15) is 18.1 Å². The molecule has 30 heavy (non-hydrogen) atoms. The van der Waals surface area contributed by atoms with Crippen LogP contribution in [0.5, 0.6) is 0 Å². The Kier molecular flexibility index (Phi) is 6.52. The molecule has 3 rings (SSSR count). The average Bonchev–Trinajstić information content (AvgIpc) is 2.75. The van der Waals surface area contributed by atoms with E-state index in [1.54, 1.807) is 18.2 Å². The second kappa shape index (κ2) is 9.09. The lowest BCUT2D eigenvalue weighted by Crippen LogP contribution is -2.38. The summed E-state index contributed by atoms with van der Waals surface area (Å²) < 4.78 is 40.9. The lowest BCUT2D eigenvalue weighted by Gasteiger charge is -2.24. The van der Waals surface area contributed by atoms with Crippen molar-refractivity contribution in [2.75, 3.05) is 16.2 Å². The number of hydrogen-bond acceptors (Lipinski definition) is 3. The van der Waals surface area contributed by atoms with Crippen molar-refractivity contribution >= 4 is 27.3 Å². The minimum atomic E-state index is -4.03. The molecule has 0 atom stereocenters. The summed E-state index contributed by atoms with van der Waals surface area (Å²) in [7, 11) is -4.03. The number of hydrogen-bond donors (Lipinski definition) is 1.